The molecule has 1 aliphatic rings. The summed E-state index contributed by atoms with van der Waals surface area (Å²) < 4.78 is 5.35. The Morgan fingerprint density at radius 3 is 3.31 bits per heavy atom. The number of nitrogens with zero attached hydrogens (tertiary/aromatic N) is 2. The molecule has 0 saturated carbocycles. The van der Waals surface area contributed by atoms with Crippen LogP contribution >= 0.6 is 6.57 Å². The van der Waals surface area contributed by atoms with E-state index in [2.05, 4.69) is 15.2 Å². The molecule has 0 amide bonds. The van der Waals surface area contributed by atoms with E-state index in [0.29, 0.717) is 11.6 Å². The maximum atomic E-state index is 8.43. The summed E-state index contributed by atoms with van der Waals surface area (Å²) in [5.41, 5.74) is 0. The highest BCUT2D eigenvalue weighted by molar-refractivity contribution is 8.12. The summed E-state index contributed by atoms with van der Waals surface area (Å²) >= 11 is 5.08. The molecule has 0 aromatic carbocycles. The van der Waals surface area contributed by atoms with Crippen LogP contribution in [-0.4, -0.2) is 4.98 Å². The molecule has 2 heterocycles. The Kier molecular flexibility index (Phi) is 1.83. The zero-order valence-corrected chi connectivity index (χ0v) is 8.10. The van der Waals surface area contributed by atoms with Crippen molar-refractivity contribution in [3.8, 4) is 11.9 Å². The van der Waals surface area contributed by atoms with Crippen molar-refractivity contribution < 1.29 is 4.52 Å². The van der Waals surface area contributed by atoms with Gasteiger partial charge in [-0.1, -0.05) is 0 Å². The minimum atomic E-state index is -2.44. The fourth-order valence-electron chi connectivity index (χ4n) is 0.966. The van der Waals surface area contributed by atoms with E-state index in [9.17, 15) is 0 Å². The van der Waals surface area contributed by atoms with Gasteiger partial charge in [0.15, 0.2) is 17.8 Å². The van der Waals surface area contributed by atoms with Crippen LogP contribution in [0.2, 0.25) is 0 Å². The smallest absolute Gasteiger partial charge is 0.309 e. The van der Waals surface area contributed by atoms with Crippen molar-refractivity contribution >= 4 is 24.2 Å². The first-order valence-electron chi connectivity index (χ1n) is 3.43. The summed E-state index contributed by atoms with van der Waals surface area (Å²) in [7, 11) is 0. The van der Waals surface area contributed by atoms with Crippen molar-refractivity contribution in [2.24, 2.45) is 0 Å². The Hall–Kier alpha value is -1.31. The van der Waals surface area contributed by atoms with Gasteiger partial charge in [0, 0.05) is 6.20 Å². The van der Waals surface area contributed by atoms with Gasteiger partial charge in [-0.15, -0.1) is 0 Å². The second kappa shape index (κ2) is 2.87. The van der Waals surface area contributed by atoms with E-state index >= 15 is 0 Å². The van der Waals surface area contributed by atoms with Crippen LogP contribution in [0.15, 0.2) is 18.3 Å². The molecule has 0 bridgehead atoms. The Bertz CT molecular complexity index is 400. The van der Waals surface area contributed by atoms with Crippen molar-refractivity contribution in [1.82, 2.24) is 10.1 Å². The number of pyridine rings is 1. The molecule has 1 atom stereocenters. The van der Waals surface area contributed by atoms with Crippen LogP contribution in [-0.2, 0) is 11.8 Å². The lowest BCUT2D eigenvalue weighted by molar-refractivity contribution is 0.626. The van der Waals surface area contributed by atoms with E-state index in [1.54, 1.807) is 24.5 Å². The average molecular weight is 212 g/mol. The van der Waals surface area contributed by atoms with Gasteiger partial charge in [0.2, 0.25) is 0 Å². The maximum absolute atomic E-state index is 8.43. The van der Waals surface area contributed by atoms with Crippen LogP contribution in [0, 0.1) is 11.5 Å². The van der Waals surface area contributed by atoms with Crippen LogP contribution in [0.25, 0.3) is 0 Å². The van der Waals surface area contributed by atoms with Crippen molar-refractivity contribution in [2.75, 3.05) is 5.09 Å². The summed E-state index contributed by atoms with van der Waals surface area (Å²) in [6, 6.07) is 3.50. The quantitative estimate of drug-likeness (QED) is 0.414. The lowest BCUT2D eigenvalue weighted by Gasteiger charge is -2.11. The van der Waals surface area contributed by atoms with Gasteiger partial charge < -0.3 is 4.52 Å². The van der Waals surface area contributed by atoms with E-state index in [-0.39, 0.29) is 0 Å². The van der Waals surface area contributed by atoms with Gasteiger partial charge in [-0.3, -0.25) is 5.09 Å². The summed E-state index contributed by atoms with van der Waals surface area (Å²) in [5, 5.41) is 13.7. The summed E-state index contributed by atoms with van der Waals surface area (Å²) in [6.45, 7) is -2.44. The normalized spacial score (nSPS) is 23.6. The predicted molar refractivity (Wildman–Crippen MR) is 51.5 cm³/mol. The molecular formula is C6H5N4OPS. The van der Waals surface area contributed by atoms with Crippen LogP contribution in [0.5, 0.6) is 5.75 Å². The third-order valence-electron chi connectivity index (χ3n) is 1.45. The maximum Gasteiger partial charge on any atom is 0.309 e. The van der Waals surface area contributed by atoms with E-state index in [1.807, 2.05) is 0 Å². The highest BCUT2D eigenvalue weighted by atomic mass is 32.4. The predicted octanol–water partition coefficient (Wildman–Crippen LogP) is 1.18. The molecule has 0 radical (unpaired) electrons. The molecule has 1 aliphatic heterocycles. The molecule has 5 nitrogen and oxygen atoms in total. The summed E-state index contributed by atoms with van der Waals surface area (Å²) in [4.78, 5) is 4.01. The minimum Gasteiger partial charge on any atom is -0.429 e. The topological polar surface area (TPSA) is 70.0 Å². The van der Waals surface area contributed by atoms with Crippen LogP contribution in [0.4, 0.5) is 5.82 Å². The van der Waals surface area contributed by atoms with Gasteiger partial charge in [-0.2, -0.15) is 5.26 Å². The van der Waals surface area contributed by atoms with Crippen LogP contribution in [0.1, 0.15) is 0 Å². The Morgan fingerprint density at radius 1 is 1.77 bits per heavy atom. The van der Waals surface area contributed by atoms with Gasteiger partial charge >= 0.3 is 6.57 Å². The molecule has 0 saturated heterocycles. The number of hydrogen-bond donors (Lipinski definition) is 2. The highest BCUT2D eigenvalue weighted by Crippen LogP contribution is 2.51. The number of aromatic nitrogens is 1. The fraction of sp³-hybridized carbons (Fsp3) is 0. The Morgan fingerprint density at radius 2 is 2.62 bits per heavy atom. The lowest BCUT2D eigenvalue weighted by atomic mass is 10.4. The summed E-state index contributed by atoms with van der Waals surface area (Å²) in [5.74, 6) is 1.18. The van der Waals surface area contributed by atoms with E-state index < -0.39 is 6.57 Å². The molecule has 66 valence electrons. The first-order chi connectivity index (χ1) is 6.23. The number of anilines is 1. The number of nitrogens with one attached hydrogen (secondary N) is 2. The molecule has 2 N–H and O–H groups in total. The minimum absolute atomic E-state index is 0.591. The molecule has 1 aromatic heterocycles. The second-order valence-electron chi connectivity index (χ2n) is 2.33. The Labute approximate surface area is 79.9 Å². The number of nitriles is 1. The fourth-order valence-corrected chi connectivity index (χ4v) is 2.74. The van der Waals surface area contributed by atoms with E-state index in [0.717, 1.165) is 0 Å². The number of rotatable bonds is 1. The van der Waals surface area contributed by atoms with Crippen molar-refractivity contribution in [3.63, 3.8) is 0 Å². The monoisotopic (exact) mass is 212 g/mol. The molecule has 0 spiro atoms. The highest BCUT2D eigenvalue weighted by Gasteiger charge is 2.29. The lowest BCUT2D eigenvalue weighted by Crippen LogP contribution is -2.09. The van der Waals surface area contributed by atoms with Gasteiger partial charge in [-0.05, 0) is 23.9 Å². The molecule has 0 fully saturated rings. The van der Waals surface area contributed by atoms with Gasteiger partial charge in [-0.25, -0.2) is 10.1 Å². The molecule has 2 rings (SSSR count). The summed E-state index contributed by atoms with van der Waals surface area (Å²) in [6.07, 6.45) is 3.40. The first kappa shape index (κ1) is 8.30. The standard InChI is InChI=1S/C6H5N4OPS/c7-4-9-12(13)10-6-5(11-12)2-1-3-8-6/h1-3H,(H2,8,9,10,13). The molecular weight excluding hydrogens is 207 g/mol. The van der Waals surface area contributed by atoms with E-state index in [4.69, 9.17) is 21.6 Å². The van der Waals surface area contributed by atoms with Crippen molar-refractivity contribution in [2.45, 2.75) is 0 Å². The molecule has 0 aliphatic carbocycles. The van der Waals surface area contributed by atoms with Gasteiger partial charge in [0.05, 0.1) is 0 Å². The molecule has 1 aromatic rings. The molecule has 1 unspecified atom stereocenters. The van der Waals surface area contributed by atoms with Gasteiger partial charge in [0.1, 0.15) is 0 Å². The first-order valence-corrected chi connectivity index (χ1v) is 6.15. The SMILES string of the molecule is N#CNP1(=S)Nc2ncccc2O1. The zero-order valence-electron chi connectivity index (χ0n) is 6.39. The van der Waals surface area contributed by atoms with Crippen molar-refractivity contribution in [1.29, 1.82) is 5.26 Å². The molecule has 13 heavy (non-hydrogen) atoms. The third-order valence-corrected chi connectivity index (χ3v) is 3.57. The van der Waals surface area contributed by atoms with Gasteiger partial charge in [0.25, 0.3) is 0 Å². The number of fused-ring (bicyclic) bond motifs is 1. The van der Waals surface area contributed by atoms with E-state index in [1.165, 1.54) is 0 Å². The second-order valence-corrected chi connectivity index (χ2v) is 5.60. The zero-order chi connectivity index (χ0) is 9.31. The number of hydrogen-bond acceptors (Lipinski definition) is 4. The Balaban J connectivity index is 2.33. The molecule has 7 heteroatoms. The largest absolute Gasteiger partial charge is 0.429 e. The van der Waals surface area contributed by atoms with Crippen molar-refractivity contribution in [3.05, 3.63) is 18.3 Å². The van der Waals surface area contributed by atoms with Crippen LogP contribution in [0.3, 0.4) is 0 Å². The third kappa shape index (κ3) is 1.44. The average Bonchev–Trinajstić information content (AvgIpc) is 2.40. The van der Waals surface area contributed by atoms with Crippen LogP contribution < -0.4 is 14.7 Å².